The van der Waals surface area contributed by atoms with Gasteiger partial charge in [-0.1, -0.05) is 13.5 Å². The van der Waals surface area contributed by atoms with Crippen LogP contribution in [0.15, 0.2) is 24.3 Å². The molecule has 0 radical (unpaired) electrons. The van der Waals surface area contributed by atoms with Crippen LogP contribution in [0.1, 0.15) is 18.8 Å². The molecule has 0 saturated carbocycles. The minimum Gasteiger partial charge on any atom is -0.384 e. The van der Waals surface area contributed by atoms with Crippen molar-refractivity contribution in [1.29, 1.82) is 0 Å². The van der Waals surface area contributed by atoms with Crippen molar-refractivity contribution in [3.63, 3.8) is 0 Å². The molecule has 2 heterocycles. The molecule has 0 aliphatic heterocycles. The van der Waals surface area contributed by atoms with Gasteiger partial charge in [0.25, 0.3) is 0 Å². The van der Waals surface area contributed by atoms with Crippen molar-refractivity contribution in [1.82, 2.24) is 9.97 Å². The number of hydrogen-bond donors (Lipinski definition) is 2. The van der Waals surface area contributed by atoms with Crippen LogP contribution in [0.3, 0.4) is 0 Å². The molecule has 0 amide bonds. The third-order valence-corrected chi connectivity index (χ3v) is 2.04. The van der Waals surface area contributed by atoms with Gasteiger partial charge in [0.05, 0.1) is 5.69 Å². The number of aryl methyl sites for hydroxylation is 2. The molecule has 4 N–H and O–H groups in total. The molecule has 0 bridgehead atoms. The number of halogens is 2. The van der Waals surface area contributed by atoms with E-state index in [1.807, 2.05) is 19.1 Å². The second kappa shape index (κ2) is 15.4. The van der Waals surface area contributed by atoms with Crippen LogP contribution in [0.4, 0.5) is 20.4 Å². The average molecular weight is 356 g/mol. The monoisotopic (exact) mass is 356 g/mol. The molecule has 0 fully saturated rings. The number of anilines is 2. The normalized spacial score (nSPS) is 7.52. The summed E-state index contributed by atoms with van der Waals surface area (Å²) in [4.78, 5) is 39.9. The number of aromatic nitrogens is 2. The Kier molecular flexibility index (Phi) is 16.3. The SMILES string of the molecule is C.Cc1cccc(N)n1.Cc1nc(N)c(F)cc1F.O=C=O.O=C=O. The first-order chi connectivity index (χ1) is 11.2. The lowest BCUT2D eigenvalue weighted by Crippen LogP contribution is -1.98. The molecule has 2 rings (SSSR count). The lowest BCUT2D eigenvalue weighted by Gasteiger charge is -1.97. The van der Waals surface area contributed by atoms with E-state index in [2.05, 4.69) is 9.97 Å². The van der Waals surface area contributed by atoms with Crippen molar-refractivity contribution in [2.24, 2.45) is 0 Å². The highest BCUT2D eigenvalue weighted by molar-refractivity contribution is 5.31. The number of nitrogen functional groups attached to an aromatic ring is 2. The van der Waals surface area contributed by atoms with Crippen molar-refractivity contribution in [3.05, 3.63) is 47.3 Å². The molecular formula is C15H18F2N4O4. The van der Waals surface area contributed by atoms with Gasteiger partial charge in [-0.2, -0.15) is 19.2 Å². The van der Waals surface area contributed by atoms with Gasteiger partial charge in [0.1, 0.15) is 11.6 Å². The predicted octanol–water partition coefficient (Wildman–Crippen LogP) is 1.69. The van der Waals surface area contributed by atoms with Crippen LogP contribution in [-0.4, -0.2) is 22.3 Å². The number of rotatable bonds is 0. The van der Waals surface area contributed by atoms with Crippen molar-refractivity contribution in [3.8, 4) is 0 Å². The van der Waals surface area contributed by atoms with Crippen LogP contribution in [0.25, 0.3) is 0 Å². The predicted molar refractivity (Wildman–Crippen MR) is 83.4 cm³/mol. The molecule has 2 aromatic heterocycles. The molecule has 10 heteroatoms. The molecule has 0 unspecified atom stereocenters. The second-order valence-electron chi connectivity index (χ2n) is 3.79. The topological polar surface area (TPSA) is 146 Å². The van der Waals surface area contributed by atoms with Crippen LogP contribution >= 0.6 is 0 Å². The second-order valence-corrected chi connectivity index (χ2v) is 3.79. The van der Waals surface area contributed by atoms with Crippen LogP contribution < -0.4 is 11.5 Å². The maximum absolute atomic E-state index is 12.4. The Morgan fingerprint density at radius 1 is 0.920 bits per heavy atom. The highest BCUT2D eigenvalue weighted by atomic mass is 19.1. The Balaban J connectivity index is -0.000000290. The lowest BCUT2D eigenvalue weighted by atomic mass is 10.3. The summed E-state index contributed by atoms with van der Waals surface area (Å²) < 4.78 is 24.7. The van der Waals surface area contributed by atoms with E-state index in [1.54, 1.807) is 6.07 Å². The van der Waals surface area contributed by atoms with Crippen molar-refractivity contribution >= 4 is 23.9 Å². The Bertz CT molecular complexity index is 635. The molecular weight excluding hydrogens is 338 g/mol. The molecule has 0 saturated heterocycles. The van der Waals surface area contributed by atoms with Crippen LogP contribution in [-0.2, 0) is 19.2 Å². The van der Waals surface area contributed by atoms with E-state index < -0.39 is 11.6 Å². The van der Waals surface area contributed by atoms with Gasteiger partial charge in [0.2, 0.25) is 0 Å². The molecule has 8 nitrogen and oxygen atoms in total. The average Bonchev–Trinajstić information content (AvgIpc) is 2.47. The third kappa shape index (κ3) is 13.9. The van der Waals surface area contributed by atoms with Gasteiger partial charge in [-0.05, 0) is 26.0 Å². The Morgan fingerprint density at radius 3 is 1.72 bits per heavy atom. The number of pyridine rings is 2. The fraction of sp³-hybridized carbons (Fsp3) is 0.200. The minimum absolute atomic E-state index is 0. The van der Waals surface area contributed by atoms with Gasteiger partial charge >= 0.3 is 12.3 Å². The first kappa shape index (κ1) is 26.4. The summed E-state index contributed by atoms with van der Waals surface area (Å²) in [5.41, 5.74) is 11.5. The zero-order valence-electron chi connectivity index (χ0n) is 12.7. The number of hydrogen-bond acceptors (Lipinski definition) is 8. The quantitative estimate of drug-likeness (QED) is 0.725. The Hall–Kier alpha value is -3.48. The number of nitrogens with two attached hydrogens (primary N) is 2. The van der Waals surface area contributed by atoms with Crippen LogP contribution in [0, 0.1) is 25.5 Å². The van der Waals surface area contributed by atoms with Gasteiger partial charge in [-0.25, -0.2) is 18.7 Å². The van der Waals surface area contributed by atoms with E-state index >= 15 is 0 Å². The van der Waals surface area contributed by atoms with Crippen molar-refractivity contribution in [2.45, 2.75) is 21.3 Å². The fourth-order valence-corrected chi connectivity index (χ4v) is 1.14. The summed E-state index contributed by atoms with van der Waals surface area (Å²) in [6.07, 6.45) is 0.500. The molecule has 0 aromatic carbocycles. The van der Waals surface area contributed by atoms with Gasteiger partial charge in [0, 0.05) is 11.8 Å². The number of nitrogens with zero attached hydrogens (tertiary/aromatic N) is 2. The highest BCUT2D eigenvalue weighted by Gasteiger charge is 2.04. The molecule has 2 aromatic rings. The third-order valence-electron chi connectivity index (χ3n) is 2.04. The zero-order chi connectivity index (χ0) is 19.1. The molecule has 0 spiro atoms. The van der Waals surface area contributed by atoms with E-state index in [4.69, 9.17) is 30.6 Å². The van der Waals surface area contributed by atoms with Crippen LogP contribution in [0.5, 0.6) is 0 Å². The summed E-state index contributed by atoms with van der Waals surface area (Å²) in [6.45, 7) is 3.33. The van der Waals surface area contributed by atoms with Crippen molar-refractivity contribution < 1.29 is 28.0 Å². The van der Waals surface area contributed by atoms with Gasteiger partial charge in [-0.15, -0.1) is 0 Å². The highest BCUT2D eigenvalue weighted by Crippen LogP contribution is 2.10. The standard InChI is InChI=1S/C6H6F2N2.C6H8N2.2CO2.CH4/c1-3-4(7)2-5(8)6(9)10-3;1-5-3-2-4-6(7)8-5;2*2-1-3;/h2H,1H3,(H2,9,10);2-4H,1H3,(H2,7,8);;;1H4. The smallest absolute Gasteiger partial charge is 0.373 e. The number of carbonyl (C=O) groups excluding carboxylic acids is 4. The maximum Gasteiger partial charge on any atom is 0.373 e. The Labute approximate surface area is 142 Å². The fourth-order valence-electron chi connectivity index (χ4n) is 1.14. The molecule has 136 valence electrons. The van der Waals surface area contributed by atoms with Gasteiger partial charge < -0.3 is 11.5 Å². The summed E-state index contributed by atoms with van der Waals surface area (Å²) in [6, 6.07) is 6.29. The maximum atomic E-state index is 12.4. The van der Waals surface area contributed by atoms with Gasteiger partial charge in [0.15, 0.2) is 11.6 Å². The van der Waals surface area contributed by atoms with E-state index in [9.17, 15) is 8.78 Å². The zero-order valence-corrected chi connectivity index (χ0v) is 12.7. The molecule has 0 atom stereocenters. The molecule has 0 aliphatic carbocycles. The largest absolute Gasteiger partial charge is 0.384 e. The summed E-state index contributed by atoms with van der Waals surface area (Å²) in [5.74, 6) is -1.17. The Morgan fingerprint density at radius 2 is 1.40 bits per heavy atom. The first-order valence-electron chi connectivity index (χ1n) is 5.99. The molecule has 0 aliphatic rings. The summed E-state index contributed by atoms with van der Waals surface area (Å²) >= 11 is 0. The van der Waals surface area contributed by atoms with E-state index in [0.717, 1.165) is 11.8 Å². The molecule has 25 heavy (non-hydrogen) atoms. The van der Waals surface area contributed by atoms with Crippen LogP contribution in [0.2, 0.25) is 0 Å². The van der Waals surface area contributed by atoms with E-state index in [1.165, 1.54) is 6.92 Å². The van der Waals surface area contributed by atoms with Crippen molar-refractivity contribution in [2.75, 3.05) is 11.5 Å². The first-order valence-corrected chi connectivity index (χ1v) is 5.99. The summed E-state index contributed by atoms with van der Waals surface area (Å²) in [5, 5.41) is 0. The van der Waals surface area contributed by atoms with Gasteiger partial charge in [-0.3, -0.25) is 0 Å². The lowest BCUT2D eigenvalue weighted by molar-refractivity contribution is -0.193. The minimum atomic E-state index is -0.817. The van der Waals surface area contributed by atoms with E-state index in [-0.39, 0.29) is 31.2 Å². The van der Waals surface area contributed by atoms with E-state index in [0.29, 0.717) is 5.82 Å². The summed E-state index contributed by atoms with van der Waals surface area (Å²) in [7, 11) is 0.